The number of aromatic nitrogens is 2. The normalized spacial score (nSPS) is 11.0. The van der Waals surface area contributed by atoms with Crippen LogP contribution in [0.4, 0.5) is 10.1 Å². The van der Waals surface area contributed by atoms with Crippen LogP contribution < -0.4 is 5.32 Å². The van der Waals surface area contributed by atoms with Gasteiger partial charge < -0.3 is 9.72 Å². The van der Waals surface area contributed by atoms with Gasteiger partial charge in [-0.3, -0.25) is 0 Å². The van der Waals surface area contributed by atoms with E-state index < -0.39 is 0 Å². The fourth-order valence-corrected chi connectivity index (χ4v) is 3.12. The average molecular weight is 389 g/mol. The van der Waals surface area contributed by atoms with Gasteiger partial charge in [-0.15, -0.1) is 0 Å². The molecule has 0 bridgehead atoms. The van der Waals surface area contributed by atoms with Crippen molar-refractivity contribution in [1.82, 2.24) is 9.38 Å². The summed E-state index contributed by atoms with van der Waals surface area (Å²) in [7, 11) is 0. The molecule has 0 radical (unpaired) electrons. The number of hydrogen-bond acceptors (Lipinski definition) is 2. The first-order valence-corrected chi connectivity index (χ1v) is 7.59. The molecule has 1 N–H and O–H groups in total. The summed E-state index contributed by atoms with van der Waals surface area (Å²) in [5, 5.41) is 4.10. The lowest BCUT2D eigenvalue weighted by atomic mass is 10.3. The van der Waals surface area contributed by atoms with Crippen molar-refractivity contribution in [2.45, 2.75) is 6.54 Å². The van der Waals surface area contributed by atoms with Gasteiger partial charge in [-0.2, -0.15) is 0 Å². The van der Waals surface area contributed by atoms with E-state index in [0.717, 1.165) is 11.3 Å². The maximum atomic E-state index is 13.2. The number of anilines is 1. The van der Waals surface area contributed by atoms with E-state index in [1.807, 2.05) is 16.7 Å². The SMILES string of the molecule is Fc1cc(Cl)c(NCc2cn3cc(Cl)ccc3n2)c(Br)c1. The molecular weight excluding hydrogens is 380 g/mol. The monoisotopic (exact) mass is 387 g/mol. The average Bonchev–Trinajstić information content (AvgIpc) is 2.79. The number of nitrogens with one attached hydrogen (secondary N) is 1. The molecule has 3 rings (SSSR count). The Bertz CT molecular complexity index is 796. The summed E-state index contributed by atoms with van der Waals surface area (Å²) in [5.74, 6) is -0.389. The first kappa shape index (κ1) is 14.6. The highest BCUT2D eigenvalue weighted by molar-refractivity contribution is 9.10. The van der Waals surface area contributed by atoms with E-state index in [9.17, 15) is 4.39 Å². The van der Waals surface area contributed by atoms with Crippen molar-refractivity contribution in [3.63, 3.8) is 0 Å². The largest absolute Gasteiger partial charge is 0.377 e. The fraction of sp³-hybridized carbons (Fsp3) is 0.0714. The molecule has 0 aliphatic rings. The van der Waals surface area contributed by atoms with E-state index in [2.05, 4.69) is 26.2 Å². The van der Waals surface area contributed by atoms with Crippen LogP contribution in [0.25, 0.3) is 5.65 Å². The van der Waals surface area contributed by atoms with E-state index in [1.54, 1.807) is 12.3 Å². The van der Waals surface area contributed by atoms with Crippen LogP contribution >= 0.6 is 39.1 Å². The van der Waals surface area contributed by atoms with Gasteiger partial charge in [0.1, 0.15) is 11.5 Å². The van der Waals surface area contributed by atoms with Gasteiger partial charge >= 0.3 is 0 Å². The van der Waals surface area contributed by atoms with E-state index in [4.69, 9.17) is 23.2 Å². The van der Waals surface area contributed by atoms with Gasteiger partial charge in [0.05, 0.1) is 28.0 Å². The maximum absolute atomic E-state index is 13.2. The molecule has 0 amide bonds. The van der Waals surface area contributed by atoms with E-state index in [1.165, 1.54) is 12.1 Å². The van der Waals surface area contributed by atoms with Crippen molar-refractivity contribution in [2.24, 2.45) is 0 Å². The second kappa shape index (κ2) is 5.83. The molecule has 3 aromatic rings. The van der Waals surface area contributed by atoms with Crippen LogP contribution in [0.15, 0.2) is 41.1 Å². The van der Waals surface area contributed by atoms with Crippen molar-refractivity contribution < 1.29 is 4.39 Å². The summed E-state index contributed by atoms with van der Waals surface area (Å²) in [6.07, 6.45) is 3.66. The highest BCUT2D eigenvalue weighted by Gasteiger charge is 2.09. The van der Waals surface area contributed by atoms with Crippen LogP contribution in [-0.2, 0) is 6.54 Å². The quantitative estimate of drug-likeness (QED) is 0.671. The topological polar surface area (TPSA) is 29.3 Å². The standard InChI is InChI=1S/C14H9BrCl2FN3/c15-11-3-9(18)4-12(17)14(11)19-5-10-7-21-6-8(16)1-2-13(21)20-10/h1-4,6-7,19H,5H2. The predicted molar refractivity (Wildman–Crippen MR) is 86.6 cm³/mol. The summed E-state index contributed by atoms with van der Waals surface area (Å²) in [4.78, 5) is 4.46. The minimum absolute atomic E-state index is 0.314. The fourth-order valence-electron chi connectivity index (χ4n) is 1.99. The zero-order chi connectivity index (χ0) is 15.0. The first-order chi connectivity index (χ1) is 10.0. The molecule has 0 fully saturated rings. The van der Waals surface area contributed by atoms with Crippen LogP contribution in [0, 0.1) is 5.82 Å². The van der Waals surface area contributed by atoms with Crippen molar-refractivity contribution in [2.75, 3.05) is 5.32 Å². The molecule has 21 heavy (non-hydrogen) atoms. The zero-order valence-corrected chi connectivity index (χ0v) is 13.7. The van der Waals surface area contributed by atoms with Gasteiger partial charge in [0.25, 0.3) is 0 Å². The molecule has 0 saturated carbocycles. The summed E-state index contributed by atoms with van der Waals surface area (Å²) < 4.78 is 15.6. The lowest BCUT2D eigenvalue weighted by Crippen LogP contribution is -2.01. The molecular formula is C14H9BrCl2FN3. The Kier molecular flexibility index (Phi) is 4.06. The summed E-state index contributed by atoms with van der Waals surface area (Å²) in [6.45, 7) is 0.462. The third kappa shape index (κ3) is 3.15. The third-order valence-corrected chi connectivity index (χ3v) is 4.07. The molecule has 2 aromatic heterocycles. The molecule has 0 aliphatic heterocycles. The minimum atomic E-state index is -0.389. The van der Waals surface area contributed by atoms with Gasteiger partial charge in [-0.1, -0.05) is 23.2 Å². The van der Waals surface area contributed by atoms with Crippen LogP contribution in [0.3, 0.4) is 0 Å². The number of rotatable bonds is 3. The summed E-state index contributed by atoms with van der Waals surface area (Å²) >= 11 is 15.2. The Morgan fingerprint density at radius 1 is 1.24 bits per heavy atom. The summed E-state index contributed by atoms with van der Waals surface area (Å²) in [5.41, 5.74) is 2.26. The zero-order valence-electron chi connectivity index (χ0n) is 10.6. The Hall–Kier alpha value is -1.30. The van der Waals surface area contributed by atoms with Gasteiger partial charge in [0.15, 0.2) is 0 Å². The number of pyridine rings is 1. The lowest BCUT2D eigenvalue weighted by Gasteiger charge is -2.09. The number of hydrogen-bond donors (Lipinski definition) is 1. The third-order valence-electron chi connectivity index (χ3n) is 2.92. The van der Waals surface area contributed by atoms with Crippen molar-refractivity contribution in [3.05, 3.63) is 62.7 Å². The Labute approximate surface area is 138 Å². The first-order valence-electron chi connectivity index (χ1n) is 6.04. The lowest BCUT2D eigenvalue weighted by molar-refractivity contribution is 0.627. The van der Waals surface area contributed by atoms with E-state index >= 15 is 0 Å². The Balaban J connectivity index is 1.83. The minimum Gasteiger partial charge on any atom is -0.377 e. The molecule has 2 heterocycles. The summed E-state index contributed by atoms with van der Waals surface area (Å²) in [6, 6.07) is 6.25. The highest BCUT2D eigenvalue weighted by Crippen LogP contribution is 2.32. The Morgan fingerprint density at radius 3 is 2.81 bits per heavy atom. The molecule has 0 aliphatic carbocycles. The molecule has 0 saturated heterocycles. The van der Waals surface area contributed by atoms with Gasteiger partial charge in [-0.05, 0) is 40.2 Å². The number of imidazole rings is 1. The molecule has 0 atom stereocenters. The molecule has 1 aromatic carbocycles. The molecule has 108 valence electrons. The van der Waals surface area contributed by atoms with E-state index in [0.29, 0.717) is 26.8 Å². The molecule has 0 spiro atoms. The smallest absolute Gasteiger partial charge is 0.137 e. The van der Waals surface area contributed by atoms with Crippen molar-refractivity contribution >= 4 is 50.5 Å². The van der Waals surface area contributed by atoms with Crippen molar-refractivity contribution in [3.8, 4) is 0 Å². The predicted octanol–water partition coefficient (Wildman–Crippen LogP) is 5.15. The second-order valence-corrected chi connectivity index (χ2v) is 6.14. The number of halogens is 4. The van der Waals surface area contributed by atoms with Crippen LogP contribution in [0.1, 0.15) is 5.69 Å². The molecule has 0 unspecified atom stereocenters. The second-order valence-electron chi connectivity index (χ2n) is 4.44. The van der Waals surface area contributed by atoms with Crippen LogP contribution in [0.2, 0.25) is 10.0 Å². The van der Waals surface area contributed by atoms with Gasteiger partial charge in [-0.25, -0.2) is 9.37 Å². The number of nitrogens with zero attached hydrogens (tertiary/aromatic N) is 2. The van der Waals surface area contributed by atoms with Crippen LogP contribution in [0.5, 0.6) is 0 Å². The van der Waals surface area contributed by atoms with E-state index in [-0.39, 0.29) is 5.82 Å². The van der Waals surface area contributed by atoms with Gasteiger partial charge in [0.2, 0.25) is 0 Å². The molecule has 7 heteroatoms. The number of fused-ring (bicyclic) bond motifs is 1. The van der Waals surface area contributed by atoms with Gasteiger partial charge in [0, 0.05) is 16.9 Å². The maximum Gasteiger partial charge on any atom is 0.137 e. The Morgan fingerprint density at radius 2 is 2.05 bits per heavy atom. The van der Waals surface area contributed by atoms with Crippen molar-refractivity contribution in [1.29, 1.82) is 0 Å². The molecule has 3 nitrogen and oxygen atoms in total. The number of benzene rings is 1. The van der Waals surface area contributed by atoms with Crippen LogP contribution in [-0.4, -0.2) is 9.38 Å². The highest BCUT2D eigenvalue weighted by atomic mass is 79.9.